The standard InChI is InChI=1S/C45H30O/c1-45(2)40-26-30(29-20-24-41-39(25-29)36-16-6-11-28-12-7-18-42(46-41)43(28)36)19-21-35(40)38-23-22-34-33(15-8-17-37(34)44(38)45)32-14-5-10-27-9-3-4-13-31(27)32/h3-26H,1-2H3. The van der Waals surface area contributed by atoms with E-state index in [9.17, 15) is 0 Å². The van der Waals surface area contributed by atoms with Gasteiger partial charge in [-0.3, -0.25) is 0 Å². The molecule has 0 aromatic heterocycles. The fourth-order valence-corrected chi connectivity index (χ4v) is 8.30. The van der Waals surface area contributed by atoms with E-state index in [-0.39, 0.29) is 5.41 Å². The summed E-state index contributed by atoms with van der Waals surface area (Å²) in [6, 6.07) is 53.4. The Balaban J connectivity index is 1.11. The number of hydrogen-bond acceptors (Lipinski definition) is 1. The van der Waals surface area contributed by atoms with E-state index < -0.39 is 0 Å². The highest BCUT2D eigenvalue weighted by molar-refractivity contribution is 6.09. The molecule has 0 saturated heterocycles. The van der Waals surface area contributed by atoms with Gasteiger partial charge in [-0.1, -0.05) is 135 Å². The van der Waals surface area contributed by atoms with Crippen LogP contribution in [0.25, 0.3) is 76.8 Å². The quantitative estimate of drug-likeness (QED) is 0.196. The van der Waals surface area contributed by atoms with Gasteiger partial charge in [-0.25, -0.2) is 0 Å². The third-order valence-electron chi connectivity index (χ3n) is 10.4. The van der Waals surface area contributed by atoms with Crippen LogP contribution in [0.15, 0.2) is 146 Å². The van der Waals surface area contributed by atoms with Crippen LogP contribution in [-0.2, 0) is 5.41 Å². The van der Waals surface area contributed by atoms with E-state index in [0.717, 1.165) is 17.1 Å². The van der Waals surface area contributed by atoms with Crippen LogP contribution in [0.5, 0.6) is 11.5 Å². The average molecular weight is 587 g/mol. The summed E-state index contributed by atoms with van der Waals surface area (Å²) in [6.07, 6.45) is 0. The number of hydrogen-bond donors (Lipinski definition) is 0. The molecule has 1 nitrogen and oxygen atoms in total. The van der Waals surface area contributed by atoms with E-state index in [1.54, 1.807) is 0 Å². The van der Waals surface area contributed by atoms with Gasteiger partial charge < -0.3 is 4.74 Å². The summed E-state index contributed by atoms with van der Waals surface area (Å²) in [7, 11) is 0. The lowest BCUT2D eigenvalue weighted by Gasteiger charge is -2.25. The molecule has 0 unspecified atom stereocenters. The first-order valence-electron chi connectivity index (χ1n) is 16.1. The van der Waals surface area contributed by atoms with Crippen molar-refractivity contribution in [1.29, 1.82) is 0 Å². The van der Waals surface area contributed by atoms with Gasteiger partial charge in [0.1, 0.15) is 11.5 Å². The number of benzene rings is 8. The molecule has 1 aliphatic carbocycles. The molecule has 10 rings (SSSR count). The Labute approximate surface area is 268 Å². The lowest BCUT2D eigenvalue weighted by molar-refractivity contribution is 0.487. The van der Waals surface area contributed by atoms with Crippen LogP contribution in [0.3, 0.4) is 0 Å². The highest BCUT2D eigenvalue weighted by Gasteiger charge is 2.37. The monoisotopic (exact) mass is 586 g/mol. The van der Waals surface area contributed by atoms with Gasteiger partial charge in [-0.15, -0.1) is 0 Å². The predicted octanol–water partition coefficient (Wildman–Crippen LogP) is 12.6. The molecule has 1 heteroatoms. The first-order valence-corrected chi connectivity index (χ1v) is 16.1. The van der Waals surface area contributed by atoms with Crippen molar-refractivity contribution in [2.24, 2.45) is 0 Å². The van der Waals surface area contributed by atoms with Crippen LogP contribution in [0.4, 0.5) is 0 Å². The minimum atomic E-state index is -0.153. The van der Waals surface area contributed by atoms with E-state index in [1.807, 2.05) is 0 Å². The van der Waals surface area contributed by atoms with Gasteiger partial charge in [-0.2, -0.15) is 0 Å². The third kappa shape index (κ3) is 3.46. The smallest absolute Gasteiger partial charge is 0.135 e. The minimum absolute atomic E-state index is 0.153. The molecular formula is C45H30O. The van der Waals surface area contributed by atoms with Crippen molar-refractivity contribution in [2.45, 2.75) is 19.3 Å². The topological polar surface area (TPSA) is 9.23 Å². The Morgan fingerprint density at radius 1 is 0.413 bits per heavy atom. The summed E-state index contributed by atoms with van der Waals surface area (Å²) >= 11 is 0. The van der Waals surface area contributed by atoms with Crippen LogP contribution >= 0.6 is 0 Å². The van der Waals surface area contributed by atoms with Crippen LogP contribution in [-0.4, -0.2) is 0 Å². The molecule has 46 heavy (non-hydrogen) atoms. The molecule has 0 bridgehead atoms. The summed E-state index contributed by atoms with van der Waals surface area (Å²) in [4.78, 5) is 0. The highest BCUT2D eigenvalue weighted by Crippen LogP contribution is 2.54. The zero-order valence-electron chi connectivity index (χ0n) is 25.8. The Kier molecular flexibility index (Phi) is 5.12. The second-order valence-electron chi connectivity index (χ2n) is 13.3. The van der Waals surface area contributed by atoms with E-state index in [0.29, 0.717) is 0 Å². The molecule has 1 aliphatic heterocycles. The SMILES string of the molecule is CC1(C)c2cc(-c3ccc4c(c3)-c3cccc5cccc(c35)O4)ccc2-c2ccc3c(-c4cccc5ccccc45)cccc3c21. The van der Waals surface area contributed by atoms with E-state index >= 15 is 0 Å². The summed E-state index contributed by atoms with van der Waals surface area (Å²) in [5.74, 6) is 1.85. The van der Waals surface area contributed by atoms with E-state index in [4.69, 9.17) is 4.74 Å². The molecule has 1 heterocycles. The van der Waals surface area contributed by atoms with Crippen molar-refractivity contribution in [1.82, 2.24) is 0 Å². The Morgan fingerprint density at radius 2 is 1.07 bits per heavy atom. The van der Waals surface area contributed by atoms with Crippen LogP contribution in [0, 0.1) is 0 Å². The largest absolute Gasteiger partial charge is 0.456 e. The van der Waals surface area contributed by atoms with Gasteiger partial charge in [0.25, 0.3) is 0 Å². The van der Waals surface area contributed by atoms with Crippen LogP contribution in [0.1, 0.15) is 25.0 Å². The maximum Gasteiger partial charge on any atom is 0.135 e. The predicted molar refractivity (Wildman–Crippen MR) is 193 cm³/mol. The second-order valence-corrected chi connectivity index (χ2v) is 13.3. The maximum atomic E-state index is 6.40. The van der Waals surface area contributed by atoms with Gasteiger partial charge in [-0.05, 0) is 101 Å². The molecule has 0 N–H and O–H groups in total. The summed E-state index contributed by atoms with van der Waals surface area (Å²) in [5.41, 5.74) is 12.7. The van der Waals surface area contributed by atoms with Gasteiger partial charge in [0.2, 0.25) is 0 Å². The van der Waals surface area contributed by atoms with E-state index in [2.05, 4.69) is 159 Å². The maximum absolute atomic E-state index is 6.40. The van der Waals surface area contributed by atoms with Crippen molar-refractivity contribution >= 4 is 32.3 Å². The lowest BCUT2D eigenvalue weighted by atomic mass is 9.79. The first kappa shape index (κ1) is 25.6. The van der Waals surface area contributed by atoms with Crippen molar-refractivity contribution in [3.63, 3.8) is 0 Å². The molecule has 0 saturated carbocycles. The van der Waals surface area contributed by atoms with E-state index in [1.165, 1.54) is 82.4 Å². The summed E-state index contributed by atoms with van der Waals surface area (Å²) in [5, 5.41) is 7.61. The van der Waals surface area contributed by atoms with Crippen molar-refractivity contribution in [3.05, 3.63) is 157 Å². The van der Waals surface area contributed by atoms with Crippen molar-refractivity contribution in [2.75, 3.05) is 0 Å². The fraction of sp³-hybridized carbons (Fsp3) is 0.0667. The van der Waals surface area contributed by atoms with Crippen molar-refractivity contribution < 1.29 is 4.74 Å². The van der Waals surface area contributed by atoms with Crippen LogP contribution in [0.2, 0.25) is 0 Å². The van der Waals surface area contributed by atoms with Gasteiger partial charge >= 0.3 is 0 Å². The number of rotatable bonds is 2. The normalized spacial score (nSPS) is 13.8. The number of fused-ring (bicyclic) bond motifs is 8. The zero-order valence-corrected chi connectivity index (χ0v) is 25.8. The van der Waals surface area contributed by atoms with Gasteiger partial charge in [0.15, 0.2) is 0 Å². The Morgan fingerprint density at radius 3 is 1.96 bits per heavy atom. The Hall–Kier alpha value is -5.66. The fourth-order valence-electron chi connectivity index (χ4n) is 8.30. The Bertz CT molecular complexity index is 2570. The molecule has 8 aromatic carbocycles. The molecule has 0 amide bonds. The molecule has 0 fully saturated rings. The molecule has 0 radical (unpaired) electrons. The van der Waals surface area contributed by atoms with Crippen LogP contribution < -0.4 is 4.74 Å². The zero-order chi connectivity index (χ0) is 30.6. The van der Waals surface area contributed by atoms with Gasteiger partial charge in [0, 0.05) is 16.4 Å². The molecule has 8 aromatic rings. The number of ether oxygens (including phenoxy) is 1. The third-order valence-corrected chi connectivity index (χ3v) is 10.4. The summed E-state index contributed by atoms with van der Waals surface area (Å²) < 4.78 is 6.40. The molecule has 216 valence electrons. The second kappa shape index (κ2) is 9.19. The van der Waals surface area contributed by atoms with Crippen molar-refractivity contribution in [3.8, 4) is 56.0 Å². The highest BCUT2D eigenvalue weighted by atomic mass is 16.5. The molecular weight excluding hydrogens is 556 g/mol. The van der Waals surface area contributed by atoms with Gasteiger partial charge in [0.05, 0.1) is 0 Å². The average Bonchev–Trinajstić information content (AvgIpc) is 3.33. The molecule has 2 aliphatic rings. The molecule has 0 spiro atoms. The minimum Gasteiger partial charge on any atom is -0.456 e. The molecule has 0 atom stereocenters. The first-order chi connectivity index (χ1) is 22.6. The lowest BCUT2D eigenvalue weighted by Crippen LogP contribution is -2.15. The summed E-state index contributed by atoms with van der Waals surface area (Å²) in [6.45, 7) is 4.79.